The largest absolute Gasteiger partial charge is 0.465 e. The van der Waals surface area contributed by atoms with Gasteiger partial charge in [0.25, 0.3) is 11.6 Å². The van der Waals surface area contributed by atoms with Gasteiger partial charge < -0.3 is 9.47 Å². The summed E-state index contributed by atoms with van der Waals surface area (Å²) < 4.78 is 9.63. The number of nitrogens with zero attached hydrogens (tertiary/aromatic N) is 1. The minimum Gasteiger partial charge on any atom is -0.465 e. The monoisotopic (exact) mass is 212 g/mol. The third-order valence-electron chi connectivity index (χ3n) is 1.55. The van der Waals surface area contributed by atoms with Gasteiger partial charge >= 0.3 is 5.97 Å². The fourth-order valence-corrected chi connectivity index (χ4v) is 0.943. The van der Waals surface area contributed by atoms with E-state index in [1.165, 1.54) is 0 Å². The molecule has 0 aliphatic rings. The molecule has 0 aliphatic carbocycles. The van der Waals surface area contributed by atoms with Gasteiger partial charge in [-0.1, -0.05) is 0 Å². The van der Waals surface area contributed by atoms with Gasteiger partial charge in [0.15, 0.2) is 0 Å². The molecule has 0 amide bonds. The lowest BCUT2D eigenvalue weighted by Crippen LogP contribution is -2.21. The molecule has 0 radical (unpaired) electrons. The summed E-state index contributed by atoms with van der Waals surface area (Å²) in [5, 5.41) is 0. The van der Waals surface area contributed by atoms with E-state index in [-0.39, 0.29) is 18.2 Å². The van der Waals surface area contributed by atoms with Crippen LogP contribution in [0.5, 0.6) is 6.01 Å². The Labute approximate surface area is 86.2 Å². The SMILES string of the molecule is CCOC(=O)c1cnc(OCC)[nH]c1=O. The van der Waals surface area contributed by atoms with Crippen molar-refractivity contribution in [2.75, 3.05) is 13.2 Å². The highest BCUT2D eigenvalue weighted by atomic mass is 16.5. The van der Waals surface area contributed by atoms with Gasteiger partial charge in [-0.3, -0.25) is 9.78 Å². The fourth-order valence-electron chi connectivity index (χ4n) is 0.943. The Hall–Kier alpha value is -1.85. The van der Waals surface area contributed by atoms with Crippen LogP contribution in [0, 0.1) is 0 Å². The van der Waals surface area contributed by atoms with Crippen molar-refractivity contribution in [1.29, 1.82) is 0 Å². The Kier molecular flexibility index (Phi) is 3.84. The first-order valence-electron chi connectivity index (χ1n) is 4.58. The predicted molar refractivity (Wildman–Crippen MR) is 52.0 cm³/mol. The van der Waals surface area contributed by atoms with Crippen LogP contribution in [0.2, 0.25) is 0 Å². The standard InChI is InChI=1S/C9H12N2O4/c1-3-14-8(13)6-5-10-9(15-4-2)11-7(6)12/h5H,3-4H2,1-2H3,(H,10,11,12). The zero-order valence-electron chi connectivity index (χ0n) is 8.57. The van der Waals surface area contributed by atoms with Crippen LogP contribution in [0.4, 0.5) is 0 Å². The smallest absolute Gasteiger partial charge is 0.345 e. The van der Waals surface area contributed by atoms with Crippen molar-refractivity contribution in [2.24, 2.45) is 0 Å². The van der Waals surface area contributed by atoms with Gasteiger partial charge in [-0.2, -0.15) is 0 Å². The molecule has 6 heteroatoms. The minimum absolute atomic E-state index is 0.0931. The molecule has 1 rings (SSSR count). The number of hydrogen-bond acceptors (Lipinski definition) is 5. The van der Waals surface area contributed by atoms with E-state index in [4.69, 9.17) is 4.74 Å². The summed E-state index contributed by atoms with van der Waals surface area (Å²) in [6.07, 6.45) is 1.14. The Morgan fingerprint density at radius 3 is 2.73 bits per heavy atom. The third kappa shape index (κ3) is 2.80. The lowest BCUT2D eigenvalue weighted by atomic mass is 10.3. The van der Waals surface area contributed by atoms with Gasteiger partial charge in [0.2, 0.25) is 0 Å². The zero-order valence-corrected chi connectivity index (χ0v) is 8.57. The van der Waals surface area contributed by atoms with Crippen LogP contribution in [0.15, 0.2) is 11.0 Å². The normalized spacial score (nSPS) is 9.73. The average molecular weight is 212 g/mol. The van der Waals surface area contributed by atoms with Crippen molar-refractivity contribution in [3.63, 3.8) is 0 Å². The summed E-state index contributed by atoms with van der Waals surface area (Å²) in [6.45, 7) is 4.03. The molecule has 1 aromatic rings. The summed E-state index contributed by atoms with van der Waals surface area (Å²) in [6, 6.07) is 0.0931. The van der Waals surface area contributed by atoms with Crippen molar-refractivity contribution in [1.82, 2.24) is 9.97 Å². The van der Waals surface area contributed by atoms with Crippen molar-refractivity contribution >= 4 is 5.97 Å². The molecule has 1 heterocycles. The first kappa shape index (κ1) is 11.2. The highest BCUT2D eigenvalue weighted by Crippen LogP contribution is 1.99. The maximum atomic E-state index is 11.4. The molecule has 0 fully saturated rings. The van der Waals surface area contributed by atoms with Crippen molar-refractivity contribution < 1.29 is 14.3 Å². The third-order valence-corrected chi connectivity index (χ3v) is 1.55. The maximum absolute atomic E-state index is 11.4. The first-order valence-corrected chi connectivity index (χ1v) is 4.58. The number of esters is 1. The number of carbonyl (C=O) groups is 1. The van der Waals surface area contributed by atoms with Gasteiger partial charge in [-0.15, -0.1) is 0 Å². The minimum atomic E-state index is -0.686. The van der Waals surface area contributed by atoms with Crippen LogP contribution < -0.4 is 10.3 Å². The molecule has 1 aromatic heterocycles. The van der Waals surface area contributed by atoms with Crippen molar-refractivity contribution in [3.8, 4) is 6.01 Å². The second-order valence-corrected chi connectivity index (χ2v) is 2.58. The molecule has 0 unspecified atom stereocenters. The Morgan fingerprint density at radius 2 is 2.20 bits per heavy atom. The lowest BCUT2D eigenvalue weighted by Gasteiger charge is -2.02. The number of aromatic amines is 1. The summed E-state index contributed by atoms with van der Waals surface area (Å²) in [4.78, 5) is 28.6. The van der Waals surface area contributed by atoms with E-state index in [1.807, 2.05) is 0 Å². The second kappa shape index (κ2) is 5.14. The number of hydrogen-bond donors (Lipinski definition) is 1. The van der Waals surface area contributed by atoms with E-state index >= 15 is 0 Å². The van der Waals surface area contributed by atoms with Gasteiger partial charge in [0, 0.05) is 0 Å². The zero-order chi connectivity index (χ0) is 11.3. The van der Waals surface area contributed by atoms with Crippen molar-refractivity contribution in [2.45, 2.75) is 13.8 Å². The van der Waals surface area contributed by atoms with Crippen LogP contribution in [0.3, 0.4) is 0 Å². The highest BCUT2D eigenvalue weighted by Gasteiger charge is 2.12. The number of nitrogens with one attached hydrogen (secondary N) is 1. The molecule has 0 atom stereocenters. The predicted octanol–water partition coefficient (Wildman–Crippen LogP) is 0.345. The van der Waals surface area contributed by atoms with E-state index in [1.54, 1.807) is 13.8 Å². The highest BCUT2D eigenvalue weighted by molar-refractivity contribution is 5.88. The van der Waals surface area contributed by atoms with Gasteiger partial charge in [0.1, 0.15) is 5.56 Å². The lowest BCUT2D eigenvalue weighted by molar-refractivity contribution is 0.0523. The number of carbonyl (C=O) groups excluding carboxylic acids is 1. The molecule has 82 valence electrons. The molecule has 0 saturated heterocycles. The summed E-state index contributed by atoms with van der Waals surface area (Å²) in [7, 11) is 0. The molecule has 0 aliphatic heterocycles. The Bertz CT molecular complexity index is 399. The molecule has 0 bridgehead atoms. The van der Waals surface area contributed by atoms with E-state index in [2.05, 4.69) is 14.7 Å². The molecule has 15 heavy (non-hydrogen) atoms. The average Bonchev–Trinajstić information content (AvgIpc) is 2.18. The summed E-state index contributed by atoms with van der Waals surface area (Å²) in [5.74, 6) is -0.686. The van der Waals surface area contributed by atoms with E-state index in [9.17, 15) is 9.59 Å². The number of rotatable bonds is 4. The van der Waals surface area contributed by atoms with Gasteiger partial charge in [0.05, 0.1) is 19.4 Å². The number of H-pyrrole nitrogens is 1. The molecule has 0 saturated carbocycles. The van der Waals surface area contributed by atoms with Crippen LogP contribution >= 0.6 is 0 Å². The molecule has 1 N–H and O–H groups in total. The molecule has 6 nitrogen and oxygen atoms in total. The summed E-state index contributed by atoms with van der Waals surface area (Å²) in [5.41, 5.74) is -0.688. The van der Waals surface area contributed by atoms with Gasteiger partial charge in [-0.25, -0.2) is 9.78 Å². The quantitative estimate of drug-likeness (QED) is 0.728. The fraction of sp³-hybridized carbons (Fsp3) is 0.444. The van der Waals surface area contributed by atoms with Crippen LogP contribution in [-0.2, 0) is 4.74 Å². The maximum Gasteiger partial charge on any atom is 0.345 e. The first-order chi connectivity index (χ1) is 7.19. The topological polar surface area (TPSA) is 81.3 Å². The van der Waals surface area contributed by atoms with E-state index in [0.29, 0.717) is 6.61 Å². The molecular weight excluding hydrogens is 200 g/mol. The van der Waals surface area contributed by atoms with Crippen molar-refractivity contribution in [3.05, 3.63) is 22.1 Å². The molecule has 0 spiro atoms. The summed E-state index contributed by atoms with van der Waals surface area (Å²) >= 11 is 0. The molecule has 0 aromatic carbocycles. The Morgan fingerprint density at radius 1 is 1.47 bits per heavy atom. The number of aromatic nitrogens is 2. The van der Waals surface area contributed by atoms with Crippen LogP contribution in [0.1, 0.15) is 24.2 Å². The number of ether oxygens (including phenoxy) is 2. The Balaban J connectivity index is 2.93. The van der Waals surface area contributed by atoms with E-state index in [0.717, 1.165) is 6.20 Å². The van der Waals surface area contributed by atoms with Crippen LogP contribution in [-0.4, -0.2) is 29.2 Å². The van der Waals surface area contributed by atoms with Crippen LogP contribution in [0.25, 0.3) is 0 Å². The van der Waals surface area contributed by atoms with Gasteiger partial charge in [-0.05, 0) is 13.8 Å². The molecular formula is C9H12N2O4. The van der Waals surface area contributed by atoms with E-state index < -0.39 is 11.5 Å². The second-order valence-electron chi connectivity index (χ2n) is 2.58.